The Kier molecular flexibility index (Phi) is 2.46. The predicted molar refractivity (Wildman–Crippen MR) is 63.1 cm³/mol. The molecule has 2 heterocycles. The molecule has 1 aliphatic rings. The second kappa shape index (κ2) is 4.10. The zero-order valence-corrected chi connectivity index (χ0v) is 9.13. The monoisotopic (exact) mass is 213 g/mol. The number of aromatic nitrogens is 2. The van der Waals surface area contributed by atoms with Crippen LogP contribution in [0.1, 0.15) is 23.6 Å². The third-order valence-corrected chi connectivity index (χ3v) is 3.07. The van der Waals surface area contributed by atoms with Gasteiger partial charge in [-0.15, -0.1) is 0 Å². The highest BCUT2D eigenvalue weighted by Gasteiger charge is 2.19. The Bertz CT molecular complexity index is 457. The number of rotatable bonds is 3. The average molecular weight is 213 g/mol. The molecule has 0 saturated carbocycles. The highest BCUT2D eigenvalue weighted by atomic mass is 15.3. The first-order valence-corrected chi connectivity index (χ1v) is 5.71. The lowest BCUT2D eigenvalue weighted by molar-refractivity contribution is 0.383. The molecule has 82 valence electrons. The van der Waals surface area contributed by atoms with Gasteiger partial charge >= 0.3 is 0 Å². The zero-order chi connectivity index (χ0) is 10.8. The third kappa shape index (κ3) is 1.86. The molecular weight excluding hydrogens is 198 g/mol. The van der Waals surface area contributed by atoms with Crippen molar-refractivity contribution in [2.45, 2.75) is 19.0 Å². The summed E-state index contributed by atoms with van der Waals surface area (Å²) in [6, 6.07) is 11.0. The molecule has 16 heavy (non-hydrogen) atoms. The topological polar surface area (TPSA) is 29.9 Å². The molecule has 1 unspecified atom stereocenters. The Morgan fingerprint density at radius 2 is 2.12 bits per heavy atom. The molecule has 1 aromatic carbocycles. The summed E-state index contributed by atoms with van der Waals surface area (Å²) in [6.45, 7) is 1.99. The van der Waals surface area contributed by atoms with Gasteiger partial charge < -0.3 is 5.32 Å². The van der Waals surface area contributed by atoms with E-state index in [4.69, 9.17) is 0 Å². The summed E-state index contributed by atoms with van der Waals surface area (Å²) in [5.74, 6) is 0. The zero-order valence-electron chi connectivity index (χ0n) is 9.13. The fourth-order valence-corrected chi connectivity index (χ4v) is 1.99. The smallest absolute Gasteiger partial charge is 0.0659 e. The summed E-state index contributed by atoms with van der Waals surface area (Å²) in [5, 5.41) is 7.78. The molecule has 1 saturated heterocycles. The molecule has 1 aromatic heterocycles. The van der Waals surface area contributed by atoms with Crippen LogP contribution < -0.4 is 5.32 Å². The van der Waals surface area contributed by atoms with Crippen LogP contribution in [0.15, 0.2) is 42.7 Å². The van der Waals surface area contributed by atoms with Crippen molar-refractivity contribution in [3.8, 4) is 0 Å². The molecule has 0 spiro atoms. The maximum Gasteiger partial charge on any atom is 0.0659 e. The number of nitrogens with one attached hydrogen (secondary N) is 1. The fourth-order valence-electron chi connectivity index (χ4n) is 1.99. The van der Waals surface area contributed by atoms with Crippen LogP contribution in [0.3, 0.4) is 0 Å². The number of nitrogens with zero attached hydrogens (tertiary/aromatic N) is 2. The van der Waals surface area contributed by atoms with Crippen LogP contribution in [0, 0.1) is 0 Å². The maximum atomic E-state index is 4.39. The van der Waals surface area contributed by atoms with Crippen LogP contribution in [0.4, 0.5) is 0 Å². The van der Waals surface area contributed by atoms with Crippen molar-refractivity contribution in [1.29, 1.82) is 0 Å². The van der Waals surface area contributed by atoms with Gasteiger partial charge in [0.2, 0.25) is 0 Å². The number of benzene rings is 1. The van der Waals surface area contributed by atoms with Gasteiger partial charge in [0, 0.05) is 17.8 Å². The van der Waals surface area contributed by atoms with E-state index >= 15 is 0 Å². The van der Waals surface area contributed by atoms with Gasteiger partial charge in [-0.05, 0) is 18.5 Å². The molecule has 0 radical (unpaired) electrons. The van der Waals surface area contributed by atoms with Gasteiger partial charge in [-0.2, -0.15) is 5.10 Å². The SMILES string of the molecule is c1ccc(Cn2cc(C3CCN3)cn2)cc1. The molecular formula is C13H15N3. The second-order valence-electron chi connectivity index (χ2n) is 4.25. The van der Waals surface area contributed by atoms with E-state index in [0.717, 1.165) is 13.1 Å². The van der Waals surface area contributed by atoms with Crippen molar-refractivity contribution in [3.63, 3.8) is 0 Å². The largest absolute Gasteiger partial charge is 0.310 e. The van der Waals surface area contributed by atoms with E-state index < -0.39 is 0 Å². The number of hydrogen-bond donors (Lipinski definition) is 1. The van der Waals surface area contributed by atoms with Gasteiger partial charge in [-0.1, -0.05) is 30.3 Å². The highest BCUT2D eigenvalue weighted by Crippen LogP contribution is 2.21. The van der Waals surface area contributed by atoms with Gasteiger partial charge in [0.15, 0.2) is 0 Å². The number of hydrogen-bond acceptors (Lipinski definition) is 2. The van der Waals surface area contributed by atoms with Crippen molar-refractivity contribution in [1.82, 2.24) is 15.1 Å². The second-order valence-corrected chi connectivity index (χ2v) is 4.25. The summed E-state index contributed by atoms with van der Waals surface area (Å²) in [6.07, 6.45) is 5.35. The Morgan fingerprint density at radius 3 is 2.81 bits per heavy atom. The van der Waals surface area contributed by atoms with E-state index in [1.165, 1.54) is 17.5 Å². The van der Waals surface area contributed by atoms with Crippen LogP contribution in [0.5, 0.6) is 0 Å². The summed E-state index contributed by atoms with van der Waals surface area (Å²) < 4.78 is 2.00. The van der Waals surface area contributed by atoms with Gasteiger partial charge in [0.1, 0.15) is 0 Å². The minimum atomic E-state index is 0.532. The molecule has 3 rings (SSSR count). The first kappa shape index (κ1) is 9.60. The Hall–Kier alpha value is -1.61. The highest BCUT2D eigenvalue weighted by molar-refractivity contribution is 5.17. The van der Waals surface area contributed by atoms with Crippen LogP contribution in [0.25, 0.3) is 0 Å². The van der Waals surface area contributed by atoms with Crippen molar-refractivity contribution >= 4 is 0 Å². The van der Waals surface area contributed by atoms with Crippen LogP contribution >= 0.6 is 0 Å². The molecule has 0 amide bonds. The standard InChI is InChI=1S/C13H15N3/c1-2-4-11(5-3-1)9-16-10-12(8-15-16)13-6-7-14-13/h1-5,8,10,13-14H,6-7,9H2. The first-order chi connectivity index (χ1) is 7.92. The lowest BCUT2D eigenvalue weighted by Crippen LogP contribution is -2.34. The van der Waals surface area contributed by atoms with E-state index in [9.17, 15) is 0 Å². The van der Waals surface area contributed by atoms with Gasteiger partial charge in [0.25, 0.3) is 0 Å². The van der Waals surface area contributed by atoms with Gasteiger partial charge in [-0.3, -0.25) is 4.68 Å². The van der Waals surface area contributed by atoms with Crippen molar-refractivity contribution in [3.05, 3.63) is 53.9 Å². The molecule has 1 atom stereocenters. The minimum Gasteiger partial charge on any atom is -0.310 e. The summed E-state index contributed by atoms with van der Waals surface area (Å²) >= 11 is 0. The molecule has 1 aliphatic heterocycles. The summed E-state index contributed by atoms with van der Waals surface area (Å²) in [4.78, 5) is 0. The predicted octanol–water partition coefficient (Wildman–Crippen LogP) is 1.97. The van der Waals surface area contributed by atoms with E-state index in [1.807, 2.05) is 16.9 Å². The molecule has 3 heteroatoms. The normalized spacial score (nSPS) is 19.4. The Morgan fingerprint density at radius 1 is 1.31 bits per heavy atom. The van der Waals surface area contributed by atoms with E-state index in [0.29, 0.717) is 6.04 Å². The lowest BCUT2D eigenvalue weighted by atomic mass is 10.0. The van der Waals surface area contributed by atoms with Crippen molar-refractivity contribution in [2.75, 3.05) is 6.54 Å². The maximum absolute atomic E-state index is 4.39. The molecule has 0 aliphatic carbocycles. The quantitative estimate of drug-likeness (QED) is 0.844. The van der Waals surface area contributed by atoms with E-state index in [-0.39, 0.29) is 0 Å². The van der Waals surface area contributed by atoms with Crippen LogP contribution in [-0.2, 0) is 6.54 Å². The molecule has 1 fully saturated rings. The molecule has 3 nitrogen and oxygen atoms in total. The van der Waals surface area contributed by atoms with Crippen LogP contribution in [-0.4, -0.2) is 16.3 Å². The van der Waals surface area contributed by atoms with E-state index in [1.54, 1.807) is 0 Å². The minimum absolute atomic E-state index is 0.532. The van der Waals surface area contributed by atoms with Crippen molar-refractivity contribution in [2.24, 2.45) is 0 Å². The van der Waals surface area contributed by atoms with Gasteiger partial charge in [0.05, 0.1) is 12.7 Å². The first-order valence-electron chi connectivity index (χ1n) is 5.71. The van der Waals surface area contributed by atoms with Crippen molar-refractivity contribution < 1.29 is 0 Å². The Labute approximate surface area is 95.1 Å². The fraction of sp³-hybridized carbons (Fsp3) is 0.308. The summed E-state index contributed by atoms with van der Waals surface area (Å²) in [7, 11) is 0. The van der Waals surface area contributed by atoms with Crippen LogP contribution in [0.2, 0.25) is 0 Å². The average Bonchev–Trinajstić information content (AvgIpc) is 2.65. The third-order valence-electron chi connectivity index (χ3n) is 3.07. The molecule has 1 N–H and O–H groups in total. The Balaban J connectivity index is 1.73. The lowest BCUT2D eigenvalue weighted by Gasteiger charge is -2.26. The molecule has 0 bridgehead atoms. The van der Waals surface area contributed by atoms with E-state index in [2.05, 4.69) is 40.9 Å². The molecule has 2 aromatic rings. The van der Waals surface area contributed by atoms with Gasteiger partial charge in [-0.25, -0.2) is 0 Å². The summed E-state index contributed by atoms with van der Waals surface area (Å²) in [5.41, 5.74) is 2.60.